The minimum atomic E-state index is 0.0910. The molecule has 108 valence electrons. The van der Waals surface area contributed by atoms with Crippen molar-refractivity contribution in [3.05, 3.63) is 27.3 Å². The van der Waals surface area contributed by atoms with Gasteiger partial charge in [0.1, 0.15) is 5.75 Å². The fourth-order valence-electron chi connectivity index (χ4n) is 3.69. The predicted octanol–water partition coefficient (Wildman–Crippen LogP) is 3.79. The van der Waals surface area contributed by atoms with Gasteiger partial charge in [0.05, 0.1) is 3.57 Å². The van der Waals surface area contributed by atoms with E-state index >= 15 is 0 Å². The van der Waals surface area contributed by atoms with Crippen LogP contribution in [0.5, 0.6) is 5.75 Å². The molecular weight excluding hydrogens is 365 g/mol. The van der Waals surface area contributed by atoms with Crippen molar-refractivity contribution in [2.75, 3.05) is 6.54 Å². The smallest absolute Gasteiger partial charge is 0.254 e. The van der Waals surface area contributed by atoms with Gasteiger partial charge in [0.2, 0.25) is 0 Å². The van der Waals surface area contributed by atoms with Crippen molar-refractivity contribution in [3.8, 4) is 5.75 Å². The Labute approximate surface area is 133 Å². The zero-order valence-electron chi connectivity index (χ0n) is 11.5. The molecule has 3 rings (SSSR count). The Balaban J connectivity index is 1.83. The molecule has 1 aliphatic carbocycles. The van der Waals surface area contributed by atoms with Crippen LogP contribution >= 0.6 is 22.6 Å². The highest BCUT2D eigenvalue weighted by molar-refractivity contribution is 14.1. The summed E-state index contributed by atoms with van der Waals surface area (Å²) >= 11 is 2.07. The number of fused-ring (bicyclic) bond motifs is 1. The Bertz CT molecular complexity index is 515. The van der Waals surface area contributed by atoms with Gasteiger partial charge < -0.3 is 10.0 Å². The van der Waals surface area contributed by atoms with Crippen LogP contribution in [0.2, 0.25) is 0 Å². The lowest BCUT2D eigenvalue weighted by molar-refractivity contribution is 0.0390. The largest absolute Gasteiger partial charge is 0.507 e. The van der Waals surface area contributed by atoms with Crippen LogP contribution < -0.4 is 0 Å². The fraction of sp³-hybridized carbons (Fsp3) is 0.562. The summed E-state index contributed by atoms with van der Waals surface area (Å²) in [5, 5.41) is 9.80. The first-order valence-corrected chi connectivity index (χ1v) is 8.54. The lowest BCUT2D eigenvalue weighted by Crippen LogP contribution is -2.49. The van der Waals surface area contributed by atoms with E-state index in [0.717, 1.165) is 23.0 Å². The van der Waals surface area contributed by atoms with Gasteiger partial charge in [0, 0.05) is 18.2 Å². The Morgan fingerprint density at radius 1 is 1.20 bits per heavy atom. The molecule has 1 saturated carbocycles. The minimum absolute atomic E-state index is 0.0910. The van der Waals surface area contributed by atoms with E-state index in [1.807, 2.05) is 12.1 Å². The van der Waals surface area contributed by atoms with E-state index in [-0.39, 0.29) is 11.7 Å². The first-order valence-electron chi connectivity index (χ1n) is 7.46. The van der Waals surface area contributed by atoms with E-state index in [4.69, 9.17) is 0 Å². The van der Waals surface area contributed by atoms with Gasteiger partial charge in [-0.05, 0) is 72.4 Å². The number of carbonyl (C=O) groups is 1. The molecule has 2 aliphatic rings. The Kier molecular flexibility index (Phi) is 4.19. The highest BCUT2D eigenvalue weighted by Crippen LogP contribution is 2.36. The molecule has 0 radical (unpaired) electrons. The van der Waals surface area contributed by atoms with Crippen LogP contribution in [0.4, 0.5) is 0 Å². The van der Waals surface area contributed by atoms with Crippen LogP contribution in [0.15, 0.2) is 18.2 Å². The third kappa shape index (κ3) is 2.67. The number of aromatic hydroxyl groups is 1. The van der Waals surface area contributed by atoms with Gasteiger partial charge in [-0.1, -0.05) is 12.8 Å². The van der Waals surface area contributed by atoms with Crippen LogP contribution in [0.25, 0.3) is 0 Å². The van der Waals surface area contributed by atoms with Crippen molar-refractivity contribution < 1.29 is 9.90 Å². The summed E-state index contributed by atoms with van der Waals surface area (Å²) in [4.78, 5) is 14.8. The number of hydrogen-bond donors (Lipinski definition) is 1. The number of amides is 1. The molecule has 2 unspecified atom stereocenters. The SMILES string of the molecule is O=C(c1ccc(I)c(O)c1)N1CCCC2CCCCC21. The summed E-state index contributed by atoms with van der Waals surface area (Å²) in [5.41, 5.74) is 0.620. The zero-order chi connectivity index (χ0) is 14.1. The number of piperidine rings is 1. The monoisotopic (exact) mass is 385 g/mol. The van der Waals surface area contributed by atoms with Crippen LogP contribution in [-0.4, -0.2) is 28.5 Å². The molecule has 1 aromatic rings. The van der Waals surface area contributed by atoms with Crippen molar-refractivity contribution in [1.82, 2.24) is 4.90 Å². The molecule has 1 heterocycles. The summed E-state index contributed by atoms with van der Waals surface area (Å²) in [6.45, 7) is 0.868. The summed E-state index contributed by atoms with van der Waals surface area (Å²) < 4.78 is 0.785. The predicted molar refractivity (Wildman–Crippen MR) is 86.8 cm³/mol. The van der Waals surface area contributed by atoms with Crippen molar-refractivity contribution in [3.63, 3.8) is 0 Å². The van der Waals surface area contributed by atoms with Gasteiger partial charge in [-0.2, -0.15) is 0 Å². The van der Waals surface area contributed by atoms with E-state index < -0.39 is 0 Å². The maximum absolute atomic E-state index is 12.7. The van der Waals surface area contributed by atoms with E-state index in [1.54, 1.807) is 6.07 Å². The summed E-state index contributed by atoms with van der Waals surface area (Å²) in [5.74, 6) is 0.987. The normalized spacial score (nSPS) is 26.1. The number of halogens is 1. The second kappa shape index (κ2) is 5.92. The van der Waals surface area contributed by atoms with E-state index in [1.165, 1.54) is 25.7 Å². The first-order chi connectivity index (χ1) is 9.66. The van der Waals surface area contributed by atoms with Gasteiger partial charge in [-0.15, -0.1) is 0 Å². The van der Waals surface area contributed by atoms with E-state index in [9.17, 15) is 9.90 Å². The average molecular weight is 385 g/mol. The Morgan fingerprint density at radius 2 is 1.95 bits per heavy atom. The van der Waals surface area contributed by atoms with Gasteiger partial charge in [0.25, 0.3) is 5.91 Å². The van der Waals surface area contributed by atoms with Crippen molar-refractivity contribution in [2.24, 2.45) is 5.92 Å². The number of phenolic OH excluding ortho intramolecular Hbond substituents is 1. The van der Waals surface area contributed by atoms with Gasteiger partial charge in [0.15, 0.2) is 0 Å². The third-order valence-corrected chi connectivity index (χ3v) is 5.61. The average Bonchev–Trinajstić information content (AvgIpc) is 2.49. The van der Waals surface area contributed by atoms with Gasteiger partial charge >= 0.3 is 0 Å². The lowest BCUT2D eigenvalue weighted by atomic mass is 9.78. The third-order valence-electron chi connectivity index (χ3n) is 4.70. The van der Waals surface area contributed by atoms with Crippen molar-refractivity contribution in [1.29, 1.82) is 0 Å². The molecule has 4 heteroatoms. The number of nitrogens with zero attached hydrogens (tertiary/aromatic N) is 1. The number of phenols is 1. The maximum Gasteiger partial charge on any atom is 0.254 e. The molecular formula is C16H20INO2. The minimum Gasteiger partial charge on any atom is -0.507 e. The first kappa shape index (κ1) is 14.2. The van der Waals surface area contributed by atoms with Crippen LogP contribution in [0.3, 0.4) is 0 Å². The molecule has 0 aromatic heterocycles. The van der Waals surface area contributed by atoms with E-state index in [0.29, 0.717) is 17.5 Å². The molecule has 0 spiro atoms. The lowest BCUT2D eigenvalue weighted by Gasteiger charge is -2.44. The summed E-state index contributed by atoms with van der Waals surface area (Å²) in [6.07, 6.45) is 7.35. The standard InChI is InChI=1S/C16H20INO2/c17-13-8-7-12(10-15(13)19)16(20)18-9-3-5-11-4-1-2-6-14(11)18/h7-8,10-11,14,19H,1-6,9H2. The second-order valence-corrected chi connectivity index (χ2v) is 7.08. The molecule has 3 nitrogen and oxygen atoms in total. The number of rotatable bonds is 1. The molecule has 1 saturated heterocycles. The summed E-state index contributed by atoms with van der Waals surface area (Å²) in [7, 11) is 0. The van der Waals surface area contributed by atoms with Gasteiger partial charge in [-0.25, -0.2) is 0 Å². The van der Waals surface area contributed by atoms with Crippen molar-refractivity contribution in [2.45, 2.75) is 44.6 Å². The molecule has 1 N–H and O–H groups in total. The Morgan fingerprint density at radius 3 is 2.75 bits per heavy atom. The number of benzene rings is 1. The molecule has 1 aromatic carbocycles. The summed E-state index contributed by atoms with van der Waals surface area (Å²) in [6, 6.07) is 5.67. The number of carbonyl (C=O) groups excluding carboxylic acids is 1. The fourth-order valence-corrected chi connectivity index (χ4v) is 4.02. The number of likely N-dealkylation sites (tertiary alicyclic amines) is 1. The quantitative estimate of drug-likeness (QED) is 0.748. The molecule has 1 amide bonds. The second-order valence-electron chi connectivity index (χ2n) is 5.92. The highest BCUT2D eigenvalue weighted by atomic mass is 127. The Hall–Kier alpha value is -0.780. The topological polar surface area (TPSA) is 40.5 Å². The van der Waals surface area contributed by atoms with Gasteiger partial charge in [-0.3, -0.25) is 4.79 Å². The molecule has 2 fully saturated rings. The molecule has 20 heavy (non-hydrogen) atoms. The zero-order valence-corrected chi connectivity index (χ0v) is 13.7. The van der Waals surface area contributed by atoms with E-state index in [2.05, 4.69) is 27.5 Å². The molecule has 1 aliphatic heterocycles. The number of hydrogen-bond acceptors (Lipinski definition) is 2. The highest BCUT2D eigenvalue weighted by Gasteiger charge is 2.35. The molecule has 0 bridgehead atoms. The molecule has 2 atom stereocenters. The van der Waals surface area contributed by atoms with Crippen LogP contribution in [0, 0.1) is 9.49 Å². The van der Waals surface area contributed by atoms with Crippen LogP contribution in [0.1, 0.15) is 48.9 Å². The maximum atomic E-state index is 12.7. The van der Waals surface area contributed by atoms with Crippen molar-refractivity contribution >= 4 is 28.5 Å². The van der Waals surface area contributed by atoms with Crippen LogP contribution in [-0.2, 0) is 0 Å².